The number of benzene rings is 3. The van der Waals surface area contributed by atoms with E-state index < -0.39 is 9.84 Å². The second-order valence-electron chi connectivity index (χ2n) is 9.64. The van der Waals surface area contributed by atoms with Crippen molar-refractivity contribution in [3.8, 4) is 11.1 Å². The van der Waals surface area contributed by atoms with E-state index in [0.717, 1.165) is 64.4 Å². The van der Waals surface area contributed by atoms with Gasteiger partial charge in [-0.3, -0.25) is 4.79 Å². The number of aromatic nitrogens is 1. The van der Waals surface area contributed by atoms with Crippen molar-refractivity contribution in [2.45, 2.75) is 37.6 Å². The standard InChI is InChI=1S/C28H30ClN3O3S/c1-4-36(34,35)21-7-5-6-18(14-21)23-16-22(28(33)30-20-10-12-32(3)13-11-20)17(2)27-26(23)24-15-19(29)8-9-25(24)31-27/h5-9,14-16,20,31H,4,10-13H2,1-3H3,(H,30,33). The van der Waals surface area contributed by atoms with Crippen LogP contribution in [0.25, 0.3) is 32.9 Å². The number of piperidine rings is 1. The molecule has 2 N–H and O–H groups in total. The number of halogens is 1. The van der Waals surface area contributed by atoms with E-state index in [2.05, 4.69) is 22.2 Å². The van der Waals surface area contributed by atoms with Gasteiger partial charge in [-0.05, 0) is 93.0 Å². The predicted octanol–water partition coefficient (Wildman–Crippen LogP) is 5.57. The van der Waals surface area contributed by atoms with Gasteiger partial charge >= 0.3 is 0 Å². The number of nitrogens with one attached hydrogen (secondary N) is 2. The van der Waals surface area contributed by atoms with Gasteiger partial charge in [-0.15, -0.1) is 0 Å². The fourth-order valence-corrected chi connectivity index (χ4v) is 6.19. The SMILES string of the molecule is CCS(=O)(=O)c1cccc(-c2cc(C(=O)NC3CCN(C)CC3)c(C)c3[nH]c4ccc(Cl)cc4c23)c1. The van der Waals surface area contributed by atoms with E-state index in [1.165, 1.54) is 0 Å². The molecule has 1 saturated heterocycles. The first-order valence-electron chi connectivity index (χ1n) is 12.2. The van der Waals surface area contributed by atoms with Crippen LogP contribution in [0.1, 0.15) is 35.7 Å². The Bertz CT molecular complexity index is 1580. The minimum absolute atomic E-state index is 0.0205. The summed E-state index contributed by atoms with van der Waals surface area (Å²) in [7, 11) is -1.29. The quantitative estimate of drug-likeness (QED) is 0.358. The van der Waals surface area contributed by atoms with Crippen LogP contribution in [0.2, 0.25) is 5.02 Å². The summed E-state index contributed by atoms with van der Waals surface area (Å²) in [5.74, 6) is -0.0913. The summed E-state index contributed by atoms with van der Waals surface area (Å²) in [6.07, 6.45) is 1.83. The normalized spacial score (nSPS) is 15.6. The van der Waals surface area contributed by atoms with E-state index in [9.17, 15) is 13.2 Å². The number of aromatic amines is 1. The summed E-state index contributed by atoms with van der Waals surface area (Å²) in [6.45, 7) is 5.50. The van der Waals surface area contributed by atoms with Crippen molar-refractivity contribution in [1.82, 2.24) is 15.2 Å². The second kappa shape index (κ2) is 9.54. The zero-order valence-corrected chi connectivity index (χ0v) is 22.3. The van der Waals surface area contributed by atoms with Crippen molar-refractivity contribution in [1.29, 1.82) is 0 Å². The molecule has 1 fully saturated rings. The number of sulfone groups is 1. The third-order valence-corrected chi connectivity index (χ3v) is 9.25. The van der Waals surface area contributed by atoms with Crippen molar-refractivity contribution in [3.63, 3.8) is 0 Å². The number of amides is 1. The first-order chi connectivity index (χ1) is 17.2. The van der Waals surface area contributed by atoms with Crippen LogP contribution in [-0.4, -0.2) is 56.1 Å². The van der Waals surface area contributed by atoms with Gasteiger partial charge in [0.2, 0.25) is 0 Å². The number of aryl methyl sites for hydroxylation is 1. The van der Waals surface area contributed by atoms with Gasteiger partial charge < -0.3 is 15.2 Å². The lowest BCUT2D eigenvalue weighted by Crippen LogP contribution is -2.43. The summed E-state index contributed by atoms with van der Waals surface area (Å²) in [5, 5.41) is 5.70. The first-order valence-corrected chi connectivity index (χ1v) is 14.3. The molecule has 1 aliphatic heterocycles. The minimum atomic E-state index is -3.39. The van der Waals surface area contributed by atoms with E-state index >= 15 is 0 Å². The van der Waals surface area contributed by atoms with Gasteiger partial charge in [0.05, 0.1) is 16.2 Å². The Morgan fingerprint density at radius 2 is 1.89 bits per heavy atom. The van der Waals surface area contributed by atoms with Gasteiger partial charge in [0.25, 0.3) is 5.91 Å². The Hall–Kier alpha value is -2.87. The maximum atomic E-state index is 13.5. The molecule has 0 spiro atoms. The summed E-state index contributed by atoms with van der Waals surface area (Å²) in [6, 6.07) is 14.7. The molecule has 1 aromatic heterocycles. The zero-order valence-electron chi connectivity index (χ0n) is 20.7. The largest absolute Gasteiger partial charge is 0.354 e. The lowest BCUT2D eigenvalue weighted by atomic mass is 9.93. The monoisotopic (exact) mass is 523 g/mol. The average molecular weight is 524 g/mol. The zero-order chi connectivity index (χ0) is 25.6. The number of rotatable bonds is 5. The Morgan fingerprint density at radius 3 is 2.61 bits per heavy atom. The molecule has 0 aliphatic carbocycles. The highest BCUT2D eigenvalue weighted by molar-refractivity contribution is 7.91. The van der Waals surface area contributed by atoms with E-state index in [4.69, 9.17) is 11.6 Å². The van der Waals surface area contributed by atoms with E-state index in [-0.39, 0.29) is 22.6 Å². The number of H-pyrrole nitrogens is 1. The number of carbonyl (C=O) groups is 1. The number of carbonyl (C=O) groups excluding carboxylic acids is 1. The van der Waals surface area contributed by atoms with E-state index in [0.29, 0.717) is 10.6 Å². The summed E-state index contributed by atoms with van der Waals surface area (Å²) < 4.78 is 25.3. The van der Waals surface area contributed by atoms with Crippen LogP contribution >= 0.6 is 11.6 Å². The molecule has 0 bridgehead atoms. The highest BCUT2D eigenvalue weighted by atomic mass is 35.5. The molecule has 0 saturated carbocycles. The minimum Gasteiger partial charge on any atom is -0.354 e. The predicted molar refractivity (Wildman–Crippen MR) is 147 cm³/mol. The van der Waals surface area contributed by atoms with Crippen molar-refractivity contribution in [2.24, 2.45) is 0 Å². The van der Waals surface area contributed by atoms with Gasteiger partial charge in [0.1, 0.15) is 0 Å². The molecule has 3 aromatic carbocycles. The van der Waals surface area contributed by atoms with E-state index in [1.807, 2.05) is 37.3 Å². The van der Waals surface area contributed by atoms with Gasteiger partial charge in [-0.2, -0.15) is 0 Å². The number of nitrogens with zero attached hydrogens (tertiary/aromatic N) is 1. The molecule has 8 heteroatoms. The highest BCUT2D eigenvalue weighted by Gasteiger charge is 2.24. The molecule has 5 rings (SSSR count). The molecule has 0 atom stereocenters. The fourth-order valence-electron chi connectivity index (χ4n) is 5.09. The third kappa shape index (κ3) is 4.51. The number of hydrogen-bond donors (Lipinski definition) is 2. The lowest BCUT2D eigenvalue weighted by molar-refractivity contribution is 0.0916. The molecule has 2 heterocycles. The molecule has 1 amide bonds. The van der Waals surface area contributed by atoms with Gasteiger partial charge in [0.15, 0.2) is 9.84 Å². The molecule has 36 heavy (non-hydrogen) atoms. The van der Waals surface area contributed by atoms with Crippen LogP contribution in [-0.2, 0) is 9.84 Å². The van der Waals surface area contributed by atoms with Gasteiger partial charge in [-0.25, -0.2) is 8.42 Å². The Morgan fingerprint density at radius 1 is 1.14 bits per heavy atom. The van der Waals surface area contributed by atoms with Crippen molar-refractivity contribution in [2.75, 3.05) is 25.9 Å². The van der Waals surface area contributed by atoms with Crippen LogP contribution in [0.15, 0.2) is 53.4 Å². The molecule has 4 aromatic rings. The Balaban J connectivity index is 1.71. The summed E-state index contributed by atoms with van der Waals surface area (Å²) in [5.41, 5.74) is 4.72. The molecule has 6 nitrogen and oxygen atoms in total. The molecule has 1 aliphatic rings. The third-order valence-electron chi connectivity index (χ3n) is 7.28. The molecular weight excluding hydrogens is 494 g/mol. The highest BCUT2D eigenvalue weighted by Crippen LogP contribution is 2.39. The van der Waals surface area contributed by atoms with Crippen LogP contribution < -0.4 is 5.32 Å². The van der Waals surface area contributed by atoms with Gasteiger partial charge in [-0.1, -0.05) is 30.7 Å². The molecule has 188 valence electrons. The number of fused-ring (bicyclic) bond motifs is 3. The Labute approximate surface area is 216 Å². The molecule has 0 radical (unpaired) electrons. The summed E-state index contributed by atoms with van der Waals surface area (Å²) in [4.78, 5) is 19.5. The lowest BCUT2D eigenvalue weighted by Gasteiger charge is -2.29. The van der Waals surface area contributed by atoms with Gasteiger partial charge in [0, 0.05) is 32.9 Å². The Kier molecular flexibility index (Phi) is 6.57. The van der Waals surface area contributed by atoms with Crippen molar-refractivity contribution in [3.05, 3.63) is 64.7 Å². The maximum Gasteiger partial charge on any atom is 0.251 e. The van der Waals surface area contributed by atoms with Crippen LogP contribution in [0.4, 0.5) is 0 Å². The van der Waals surface area contributed by atoms with Crippen LogP contribution in [0, 0.1) is 6.92 Å². The average Bonchev–Trinajstić information content (AvgIpc) is 3.25. The smallest absolute Gasteiger partial charge is 0.251 e. The van der Waals surface area contributed by atoms with E-state index in [1.54, 1.807) is 25.1 Å². The topological polar surface area (TPSA) is 82.3 Å². The first kappa shape index (κ1) is 24.8. The van der Waals surface area contributed by atoms with Crippen molar-refractivity contribution >= 4 is 49.2 Å². The number of hydrogen-bond acceptors (Lipinski definition) is 4. The molecular formula is C28H30ClN3O3S. The van der Waals surface area contributed by atoms with Crippen LogP contribution in [0.5, 0.6) is 0 Å². The van der Waals surface area contributed by atoms with Crippen molar-refractivity contribution < 1.29 is 13.2 Å². The fraction of sp³-hybridized carbons (Fsp3) is 0.321. The molecule has 0 unspecified atom stereocenters. The second-order valence-corrected chi connectivity index (χ2v) is 12.4. The maximum absolute atomic E-state index is 13.5. The summed E-state index contributed by atoms with van der Waals surface area (Å²) >= 11 is 6.36. The number of likely N-dealkylation sites (tertiary alicyclic amines) is 1. The van der Waals surface area contributed by atoms with Crippen LogP contribution in [0.3, 0.4) is 0 Å².